The molecule has 1 aliphatic heterocycles. The molecule has 2 aromatic carbocycles. The van der Waals surface area contributed by atoms with Gasteiger partial charge in [-0.15, -0.1) is 0 Å². The van der Waals surface area contributed by atoms with Gasteiger partial charge in [0.25, 0.3) is 5.56 Å². The topological polar surface area (TPSA) is 79.1 Å². The van der Waals surface area contributed by atoms with Crippen molar-refractivity contribution in [2.45, 2.75) is 39.2 Å². The number of esters is 1. The zero-order chi connectivity index (χ0) is 27.4. The van der Waals surface area contributed by atoms with Gasteiger partial charge < -0.3 is 14.2 Å². The molecule has 7 nitrogen and oxygen atoms in total. The molecule has 0 bridgehead atoms. The molecule has 0 radical (unpaired) electrons. The summed E-state index contributed by atoms with van der Waals surface area (Å²) < 4.78 is 18.6. The SMILES string of the molecule is CCCCCOc1ccc(C2C(C(=O)OC)=C(C)N=c3sc(=Cc4ccc(Cl)cc4Cl)c(=O)n32)cc1OC. The highest BCUT2D eigenvalue weighted by molar-refractivity contribution is 7.07. The van der Waals surface area contributed by atoms with Gasteiger partial charge in [0, 0.05) is 10.0 Å². The molecule has 4 rings (SSSR count). The van der Waals surface area contributed by atoms with Crippen molar-refractivity contribution in [2.75, 3.05) is 20.8 Å². The van der Waals surface area contributed by atoms with Gasteiger partial charge in [0.2, 0.25) is 0 Å². The van der Waals surface area contributed by atoms with Gasteiger partial charge >= 0.3 is 5.97 Å². The van der Waals surface area contributed by atoms with Crippen molar-refractivity contribution in [3.05, 3.63) is 88.5 Å². The van der Waals surface area contributed by atoms with Crippen molar-refractivity contribution in [1.82, 2.24) is 4.57 Å². The van der Waals surface area contributed by atoms with E-state index < -0.39 is 12.0 Å². The Morgan fingerprint density at radius 2 is 1.92 bits per heavy atom. The Bertz CT molecular complexity index is 1570. The van der Waals surface area contributed by atoms with Crippen LogP contribution in [0.15, 0.2) is 57.5 Å². The summed E-state index contributed by atoms with van der Waals surface area (Å²) in [5, 5.41) is 0.921. The first-order chi connectivity index (χ1) is 18.3. The molecule has 0 amide bonds. The Labute approximate surface area is 234 Å². The molecule has 2 heterocycles. The number of allylic oxidation sites excluding steroid dienone is 1. The van der Waals surface area contributed by atoms with Crippen molar-refractivity contribution in [2.24, 2.45) is 4.99 Å². The van der Waals surface area contributed by atoms with Crippen LogP contribution >= 0.6 is 34.5 Å². The van der Waals surface area contributed by atoms with Gasteiger partial charge in [-0.1, -0.05) is 66.4 Å². The Morgan fingerprint density at radius 3 is 2.61 bits per heavy atom. The molecule has 10 heteroatoms. The quantitative estimate of drug-likeness (QED) is 0.256. The van der Waals surface area contributed by atoms with Crippen LogP contribution in [0, 0.1) is 0 Å². The molecule has 200 valence electrons. The second-order valence-corrected chi connectivity index (χ2v) is 10.6. The maximum atomic E-state index is 13.7. The van der Waals surface area contributed by atoms with Crippen LogP contribution in [-0.4, -0.2) is 31.4 Å². The molecule has 1 aliphatic rings. The number of thiazole rings is 1. The van der Waals surface area contributed by atoms with Crippen molar-refractivity contribution in [3.8, 4) is 11.5 Å². The second-order valence-electron chi connectivity index (χ2n) is 8.71. The third-order valence-electron chi connectivity index (χ3n) is 6.18. The summed E-state index contributed by atoms with van der Waals surface area (Å²) in [5.74, 6) is 0.538. The van der Waals surface area contributed by atoms with Crippen LogP contribution in [0.3, 0.4) is 0 Å². The van der Waals surface area contributed by atoms with E-state index in [2.05, 4.69) is 11.9 Å². The minimum absolute atomic E-state index is 0.273. The van der Waals surface area contributed by atoms with Crippen molar-refractivity contribution < 1.29 is 19.0 Å². The smallest absolute Gasteiger partial charge is 0.338 e. The zero-order valence-corrected chi connectivity index (χ0v) is 23.9. The van der Waals surface area contributed by atoms with Crippen LogP contribution in [0.1, 0.15) is 50.3 Å². The van der Waals surface area contributed by atoms with Gasteiger partial charge in [-0.25, -0.2) is 9.79 Å². The summed E-state index contributed by atoms with van der Waals surface area (Å²) in [7, 11) is 2.86. The second kappa shape index (κ2) is 12.2. The standard InChI is InChI=1S/C28H28Cl2N2O5S/c1-5-6-7-12-37-21-11-9-18(13-22(21)35-3)25-24(27(34)36-4)16(2)31-28-32(25)26(33)23(38-28)14-17-8-10-19(29)15-20(17)30/h8-11,13-15,25H,5-7,12H2,1-4H3. The molecule has 0 saturated heterocycles. The van der Waals surface area contributed by atoms with E-state index in [-0.39, 0.29) is 11.1 Å². The molecule has 0 aliphatic carbocycles. The van der Waals surface area contributed by atoms with Crippen molar-refractivity contribution in [3.63, 3.8) is 0 Å². The molecule has 0 spiro atoms. The number of ether oxygens (including phenoxy) is 3. The lowest BCUT2D eigenvalue weighted by atomic mass is 9.95. The highest BCUT2D eigenvalue weighted by Gasteiger charge is 2.33. The number of hydrogen-bond donors (Lipinski definition) is 0. The number of fused-ring (bicyclic) bond motifs is 1. The zero-order valence-electron chi connectivity index (χ0n) is 21.5. The summed E-state index contributed by atoms with van der Waals surface area (Å²) in [4.78, 5) is 31.7. The van der Waals surface area contributed by atoms with Gasteiger partial charge in [-0.2, -0.15) is 0 Å². The predicted molar refractivity (Wildman–Crippen MR) is 150 cm³/mol. The van der Waals surface area contributed by atoms with E-state index in [1.54, 1.807) is 50.4 Å². The maximum absolute atomic E-state index is 13.7. The van der Waals surface area contributed by atoms with Crippen LogP contribution in [0.4, 0.5) is 0 Å². The van der Waals surface area contributed by atoms with E-state index in [9.17, 15) is 9.59 Å². The van der Waals surface area contributed by atoms with Crippen LogP contribution in [0.2, 0.25) is 10.0 Å². The number of rotatable bonds is 9. The first-order valence-corrected chi connectivity index (χ1v) is 13.7. The summed E-state index contributed by atoms with van der Waals surface area (Å²) in [6.45, 7) is 4.43. The summed E-state index contributed by atoms with van der Waals surface area (Å²) in [5.41, 5.74) is 1.74. The van der Waals surface area contributed by atoms with Crippen LogP contribution in [0.25, 0.3) is 6.08 Å². The Hall–Kier alpha value is -3.07. The van der Waals surface area contributed by atoms with Gasteiger partial charge in [-0.3, -0.25) is 9.36 Å². The number of aromatic nitrogens is 1. The fourth-order valence-electron chi connectivity index (χ4n) is 4.28. The molecule has 0 fully saturated rings. The summed E-state index contributed by atoms with van der Waals surface area (Å²) in [6.07, 6.45) is 4.80. The van der Waals surface area contributed by atoms with Crippen LogP contribution in [-0.2, 0) is 9.53 Å². The molecule has 1 atom stereocenters. The molecule has 1 aromatic heterocycles. The average Bonchev–Trinajstić information content (AvgIpc) is 3.21. The average molecular weight is 576 g/mol. The van der Waals surface area contributed by atoms with E-state index >= 15 is 0 Å². The van der Waals surface area contributed by atoms with Gasteiger partial charge in [0.1, 0.15) is 0 Å². The lowest BCUT2D eigenvalue weighted by molar-refractivity contribution is -0.136. The Kier molecular flexibility index (Phi) is 8.97. The van der Waals surface area contributed by atoms with Crippen molar-refractivity contribution >= 4 is 46.6 Å². The Balaban J connectivity index is 1.86. The molecule has 0 saturated carbocycles. The molecule has 0 N–H and O–H groups in total. The minimum atomic E-state index is -0.774. The van der Waals surface area contributed by atoms with Gasteiger partial charge in [-0.05, 0) is 54.8 Å². The van der Waals surface area contributed by atoms with E-state index in [0.717, 1.165) is 19.3 Å². The van der Waals surface area contributed by atoms with Gasteiger partial charge in [0.05, 0.1) is 42.7 Å². The number of methoxy groups -OCH3 is 2. The maximum Gasteiger partial charge on any atom is 0.338 e. The lowest BCUT2D eigenvalue weighted by Crippen LogP contribution is -2.39. The highest BCUT2D eigenvalue weighted by atomic mass is 35.5. The number of unbranched alkanes of at least 4 members (excludes halogenated alkanes) is 2. The number of benzene rings is 2. The number of carbonyl (C=O) groups excluding carboxylic acids is 1. The molecular formula is C28H28Cl2N2O5S. The van der Waals surface area contributed by atoms with E-state index in [4.69, 9.17) is 37.4 Å². The predicted octanol–water partition coefficient (Wildman–Crippen LogP) is 5.29. The minimum Gasteiger partial charge on any atom is -0.493 e. The number of carbonyl (C=O) groups is 1. The first-order valence-electron chi connectivity index (χ1n) is 12.2. The molecule has 38 heavy (non-hydrogen) atoms. The fraction of sp³-hybridized carbons (Fsp3) is 0.321. The van der Waals surface area contributed by atoms with E-state index in [0.29, 0.717) is 54.3 Å². The third kappa shape index (κ3) is 5.67. The largest absolute Gasteiger partial charge is 0.493 e. The third-order valence-corrected chi connectivity index (χ3v) is 7.73. The Morgan fingerprint density at radius 1 is 1.13 bits per heavy atom. The first kappa shape index (κ1) is 28.0. The number of halogens is 2. The van der Waals surface area contributed by atoms with Crippen LogP contribution < -0.4 is 24.4 Å². The fourth-order valence-corrected chi connectivity index (χ4v) is 5.78. The van der Waals surface area contributed by atoms with E-state index in [1.807, 2.05) is 6.07 Å². The number of hydrogen-bond acceptors (Lipinski definition) is 7. The van der Waals surface area contributed by atoms with E-state index in [1.165, 1.54) is 23.0 Å². The summed E-state index contributed by atoms with van der Waals surface area (Å²) >= 11 is 13.6. The number of nitrogens with zero attached hydrogens (tertiary/aromatic N) is 2. The molecule has 3 aromatic rings. The van der Waals surface area contributed by atoms with Gasteiger partial charge in [0.15, 0.2) is 16.3 Å². The molecular weight excluding hydrogens is 547 g/mol. The van der Waals surface area contributed by atoms with Crippen molar-refractivity contribution in [1.29, 1.82) is 0 Å². The highest BCUT2D eigenvalue weighted by Crippen LogP contribution is 2.36. The summed E-state index contributed by atoms with van der Waals surface area (Å²) in [6, 6.07) is 9.71. The molecule has 1 unspecified atom stereocenters. The normalized spacial score (nSPS) is 15.2. The van der Waals surface area contributed by atoms with Crippen LogP contribution in [0.5, 0.6) is 11.5 Å². The monoisotopic (exact) mass is 574 g/mol. The lowest BCUT2D eigenvalue weighted by Gasteiger charge is -2.25.